The van der Waals surface area contributed by atoms with Crippen molar-refractivity contribution in [3.63, 3.8) is 0 Å². The maximum absolute atomic E-state index is 12.6. The van der Waals surface area contributed by atoms with Crippen molar-refractivity contribution >= 4 is 29.0 Å². The number of anilines is 2. The van der Waals surface area contributed by atoms with Gasteiger partial charge in [-0.15, -0.1) is 0 Å². The Bertz CT molecular complexity index is 1040. The summed E-state index contributed by atoms with van der Waals surface area (Å²) in [7, 11) is 1.56. The number of carbonyl (C=O) groups excluding carboxylic acids is 1. The number of nitrogen functional groups attached to an aromatic ring is 1. The highest BCUT2D eigenvalue weighted by molar-refractivity contribution is 6.30. The number of methoxy groups -OCH3 is 1. The molecule has 1 heterocycles. The smallest absolute Gasteiger partial charge is 0.255 e. The van der Waals surface area contributed by atoms with E-state index in [-0.39, 0.29) is 11.7 Å². The van der Waals surface area contributed by atoms with Gasteiger partial charge in [-0.25, -0.2) is 4.98 Å². The molecule has 7 heteroatoms. The van der Waals surface area contributed by atoms with E-state index in [1.807, 2.05) is 38.1 Å². The van der Waals surface area contributed by atoms with Crippen LogP contribution in [-0.2, 0) is 5.60 Å². The predicted molar refractivity (Wildman–Crippen MR) is 115 cm³/mol. The Morgan fingerprint density at radius 3 is 2.66 bits per heavy atom. The molecule has 0 aliphatic rings. The van der Waals surface area contributed by atoms with Gasteiger partial charge in [0.05, 0.1) is 12.1 Å². The summed E-state index contributed by atoms with van der Waals surface area (Å²) in [5.74, 6) is 1.04. The zero-order valence-corrected chi connectivity index (χ0v) is 17.2. The fourth-order valence-corrected chi connectivity index (χ4v) is 2.93. The molecule has 0 atom stereocenters. The second-order valence-corrected chi connectivity index (χ2v) is 7.35. The third-order valence-electron chi connectivity index (χ3n) is 4.36. The van der Waals surface area contributed by atoms with E-state index in [0.717, 1.165) is 5.56 Å². The molecule has 29 heavy (non-hydrogen) atoms. The van der Waals surface area contributed by atoms with E-state index in [9.17, 15) is 4.79 Å². The fraction of sp³-hybridized carbons (Fsp3) is 0.182. The summed E-state index contributed by atoms with van der Waals surface area (Å²) >= 11 is 6.00. The Hall–Kier alpha value is -3.25. The number of ether oxygens (including phenoxy) is 2. The van der Waals surface area contributed by atoms with Crippen LogP contribution in [0.1, 0.15) is 29.8 Å². The second-order valence-electron chi connectivity index (χ2n) is 6.92. The van der Waals surface area contributed by atoms with E-state index in [1.54, 1.807) is 37.4 Å². The molecule has 0 unspecified atom stereocenters. The van der Waals surface area contributed by atoms with Gasteiger partial charge in [0, 0.05) is 23.5 Å². The van der Waals surface area contributed by atoms with E-state index in [2.05, 4.69) is 10.3 Å². The van der Waals surface area contributed by atoms with Gasteiger partial charge in [0.15, 0.2) is 11.6 Å². The topological polar surface area (TPSA) is 86.5 Å². The van der Waals surface area contributed by atoms with Gasteiger partial charge in [0.2, 0.25) is 0 Å². The van der Waals surface area contributed by atoms with Gasteiger partial charge in [0.1, 0.15) is 11.4 Å². The van der Waals surface area contributed by atoms with E-state index >= 15 is 0 Å². The molecule has 0 bridgehead atoms. The van der Waals surface area contributed by atoms with Crippen LogP contribution >= 0.6 is 11.6 Å². The predicted octanol–water partition coefficient (Wildman–Crippen LogP) is 4.89. The van der Waals surface area contributed by atoms with Gasteiger partial charge in [-0.3, -0.25) is 4.79 Å². The Morgan fingerprint density at radius 1 is 1.14 bits per heavy atom. The number of halogens is 1. The third-order valence-corrected chi connectivity index (χ3v) is 4.57. The molecule has 0 radical (unpaired) electrons. The van der Waals surface area contributed by atoms with Crippen molar-refractivity contribution in [1.29, 1.82) is 0 Å². The minimum Gasteiger partial charge on any atom is -0.497 e. The van der Waals surface area contributed by atoms with Crippen molar-refractivity contribution in [2.24, 2.45) is 0 Å². The summed E-state index contributed by atoms with van der Waals surface area (Å²) in [6.07, 6.45) is 1.46. The number of rotatable bonds is 6. The summed E-state index contributed by atoms with van der Waals surface area (Å²) in [4.78, 5) is 16.6. The van der Waals surface area contributed by atoms with Crippen LogP contribution in [0, 0.1) is 0 Å². The Balaban J connectivity index is 1.80. The summed E-state index contributed by atoms with van der Waals surface area (Å²) in [5.41, 5.74) is 7.15. The molecule has 6 nitrogen and oxygen atoms in total. The molecule has 0 spiro atoms. The molecule has 150 valence electrons. The van der Waals surface area contributed by atoms with Crippen LogP contribution in [0.15, 0.2) is 60.8 Å². The lowest BCUT2D eigenvalue weighted by Crippen LogP contribution is -2.26. The molecular formula is C22H22ClN3O3. The van der Waals surface area contributed by atoms with Crippen molar-refractivity contribution in [2.45, 2.75) is 19.4 Å². The molecule has 0 saturated heterocycles. The van der Waals surface area contributed by atoms with Crippen molar-refractivity contribution in [3.05, 3.63) is 76.9 Å². The normalized spacial score (nSPS) is 11.0. The van der Waals surface area contributed by atoms with Gasteiger partial charge in [-0.05, 0) is 49.7 Å². The third kappa shape index (κ3) is 4.97. The lowest BCUT2D eigenvalue weighted by atomic mass is 9.97. The highest BCUT2D eigenvalue weighted by atomic mass is 35.5. The fourth-order valence-electron chi connectivity index (χ4n) is 2.79. The lowest BCUT2D eigenvalue weighted by molar-refractivity contribution is 0.102. The first-order chi connectivity index (χ1) is 13.8. The quantitative estimate of drug-likeness (QED) is 0.602. The van der Waals surface area contributed by atoms with E-state index in [0.29, 0.717) is 27.8 Å². The van der Waals surface area contributed by atoms with E-state index in [1.165, 1.54) is 6.20 Å². The molecule has 2 aromatic carbocycles. The van der Waals surface area contributed by atoms with E-state index in [4.69, 9.17) is 26.8 Å². The second kappa shape index (κ2) is 8.41. The number of hydrogen-bond acceptors (Lipinski definition) is 5. The van der Waals surface area contributed by atoms with Crippen LogP contribution in [0.3, 0.4) is 0 Å². The number of hydrogen-bond donors (Lipinski definition) is 2. The summed E-state index contributed by atoms with van der Waals surface area (Å²) in [6.45, 7) is 3.80. The molecule has 3 N–H and O–H groups in total. The first-order valence-electron chi connectivity index (χ1n) is 8.94. The maximum atomic E-state index is 12.6. The number of amides is 1. The molecule has 0 aliphatic carbocycles. The van der Waals surface area contributed by atoms with Gasteiger partial charge in [-0.1, -0.05) is 29.8 Å². The monoisotopic (exact) mass is 411 g/mol. The highest BCUT2D eigenvalue weighted by Crippen LogP contribution is 2.33. The molecule has 0 saturated carbocycles. The zero-order chi connectivity index (χ0) is 21.0. The first-order valence-corrected chi connectivity index (χ1v) is 9.32. The average Bonchev–Trinajstić information content (AvgIpc) is 2.71. The van der Waals surface area contributed by atoms with Crippen molar-refractivity contribution in [1.82, 2.24) is 4.98 Å². The molecule has 1 aromatic heterocycles. The van der Waals surface area contributed by atoms with Crippen LogP contribution in [-0.4, -0.2) is 18.0 Å². The maximum Gasteiger partial charge on any atom is 0.255 e. The zero-order valence-electron chi connectivity index (χ0n) is 16.4. The SMILES string of the molecule is COc1cccc(C(=O)Nc2cccc(C(C)(C)Oc3cc(Cl)cnc3N)c2)c1. The van der Waals surface area contributed by atoms with Crippen molar-refractivity contribution < 1.29 is 14.3 Å². The Kier molecular flexibility index (Phi) is 5.94. The standard InChI is InChI=1S/C22H22ClN3O3/c1-22(2,29-19-12-16(23)13-25-20(19)24)15-7-5-8-17(11-15)26-21(27)14-6-4-9-18(10-14)28-3/h4-13H,1-3H3,(H2,24,25)(H,26,27). The largest absolute Gasteiger partial charge is 0.497 e. The van der Waals surface area contributed by atoms with Crippen LogP contribution < -0.4 is 20.5 Å². The Morgan fingerprint density at radius 2 is 1.90 bits per heavy atom. The van der Waals surface area contributed by atoms with E-state index < -0.39 is 5.60 Å². The molecule has 0 aliphatic heterocycles. The minimum atomic E-state index is -0.739. The Labute approximate surface area is 174 Å². The summed E-state index contributed by atoms with van der Waals surface area (Å²) in [5, 5.41) is 3.33. The molecule has 3 aromatic rings. The number of nitrogens with zero attached hydrogens (tertiary/aromatic N) is 1. The number of nitrogens with two attached hydrogens (primary N) is 1. The van der Waals surface area contributed by atoms with Crippen molar-refractivity contribution in [2.75, 3.05) is 18.2 Å². The molecular weight excluding hydrogens is 390 g/mol. The summed E-state index contributed by atoms with van der Waals surface area (Å²) in [6, 6.07) is 16.0. The number of pyridine rings is 1. The summed E-state index contributed by atoms with van der Waals surface area (Å²) < 4.78 is 11.2. The number of nitrogens with one attached hydrogen (secondary N) is 1. The van der Waals surface area contributed by atoms with Gasteiger partial charge in [0.25, 0.3) is 5.91 Å². The number of carbonyl (C=O) groups is 1. The number of benzene rings is 2. The lowest BCUT2D eigenvalue weighted by Gasteiger charge is -2.28. The first kappa shape index (κ1) is 20.5. The average molecular weight is 412 g/mol. The minimum absolute atomic E-state index is 0.233. The van der Waals surface area contributed by atoms with Crippen LogP contribution in [0.2, 0.25) is 5.02 Å². The highest BCUT2D eigenvalue weighted by Gasteiger charge is 2.25. The van der Waals surface area contributed by atoms with Crippen molar-refractivity contribution in [3.8, 4) is 11.5 Å². The van der Waals surface area contributed by atoms with Crippen LogP contribution in [0.5, 0.6) is 11.5 Å². The van der Waals surface area contributed by atoms with Gasteiger partial charge in [-0.2, -0.15) is 0 Å². The number of aromatic nitrogens is 1. The van der Waals surface area contributed by atoms with Crippen LogP contribution in [0.25, 0.3) is 0 Å². The molecule has 3 rings (SSSR count). The molecule has 0 fully saturated rings. The van der Waals surface area contributed by atoms with Crippen LogP contribution in [0.4, 0.5) is 11.5 Å². The van der Waals surface area contributed by atoms with Gasteiger partial charge < -0.3 is 20.5 Å². The molecule has 1 amide bonds. The van der Waals surface area contributed by atoms with Gasteiger partial charge >= 0.3 is 0 Å².